The number of allylic oxidation sites excluding steroid dienone is 1. The van der Waals surface area contributed by atoms with Crippen molar-refractivity contribution in [2.45, 2.75) is 0 Å². The minimum absolute atomic E-state index is 0.0725. The number of ether oxygens (including phenoxy) is 4. The van der Waals surface area contributed by atoms with E-state index in [-0.39, 0.29) is 5.56 Å². The Kier molecular flexibility index (Phi) is 7.74. The summed E-state index contributed by atoms with van der Waals surface area (Å²) in [5.41, 5.74) is 1.91. The maximum absolute atomic E-state index is 13.0. The van der Waals surface area contributed by atoms with Crippen molar-refractivity contribution in [3.8, 4) is 23.0 Å². The first-order valence-electron chi connectivity index (χ1n) is 11.4. The molecule has 0 saturated carbocycles. The van der Waals surface area contributed by atoms with Crippen molar-refractivity contribution in [2.24, 2.45) is 0 Å². The number of ketones is 1. The van der Waals surface area contributed by atoms with Crippen LogP contribution in [0.15, 0.2) is 76.0 Å². The molecule has 4 aromatic rings. The highest BCUT2D eigenvalue weighted by Gasteiger charge is 2.14. The topological polar surface area (TPSA) is 84.2 Å². The van der Waals surface area contributed by atoms with Gasteiger partial charge in [0.1, 0.15) is 34.1 Å². The van der Waals surface area contributed by atoms with Crippen LogP contribution in [0.1, 0.15) is 27.0 Å². The predicted octanol–water partition coefficient (Wildman–Crippen LogP) is 5.89. The van der Waals surface area contributed by atoms with Gasteiger partial charge in [0, 0.05) is 23.1 Å². The molecule has 0 unspecified atom stereocenters. The molecule has 4 rings (SSSR count). The Labute approximate surface area is 214 Å². The van der Waals surface area contributed by atoms with E-state index in [1.165, 1.54) is 26.4 Å². The number of methoxy groups -OCH3 is 4. The highest BCUT2D eigenvalue weighted by atomic mass is 16.5. The van der Waals surface area contributed by atoms with E-state index in [2.05, 4.69) is 0 Å². The molecule has 0 spiro atoms. The molecule has 1 heterocycles. The van der Waals surface area contributed by atoms with E-state index in [1.807, 2.05) is 42.5 Å². The fraction of sp³-hybridized carbons (Fsp3) is 0.133. The van der Waals surface area contributed by atoms with Gasteiger partial charge in [-0.2, -0.15) is 0 Å². The number of rotatable bonds is 9. The minimum atomic E-state index is -0.725. The predicted molar refractivity (Wildman–Crippen MR) is 144 cm³/mol. The number of carbonyl (C=O) groups excluding carboxylic acids is 1. The van der Waals surface area contributed by atoms with Crippen LogP contribution in [0, 0.1) is 0 Å². The Bertz CT molecular complexity index is 1540. The third kappa shape index (κ3) is 5.73. The van der Waals surface area contributed by atoms with Crippen molar-refractivity contribution in [1.82, 2.24) is 0 Å². The van der Waals surface area contributed by atoms with E-state index >= 15 is 0 Å². The minimum Gasteiger partial charge on any atom is -0.497 e. The average Bonchev–Trinajstić information content (AvgIpc) is 2.94. The number of fused-ring (bicyclic) bond motifs is 1. The molecule has 0 bridgehead atoms. The summed E-state index contributed by atoms with van der Waals surface area (Å²) in [6.45, 7) is 0. The Morgan fingerprint density at radius 2 is 1.43 bits per heavy atom. The fourth-order valence-electron chi connectivity index (χ4n) is 3.76. The summed E-state index contributed by atoms with van der Waals surface area (Å²) >= 11 is 0. The Hall–Kier alpha value is -4.78. The van der Waals surface area contributed by atoms with E-state index in [1.54, 1.807) is 44.6 Å². The van der Waals surface area contributed by atoms with Gasteiger partial charge in [0.25, 0.3) is 0 Å². The Balaban J connectivity index is 1.70. The summed E-state index contributed by atoms with van der Waals surface area (Å²) < 4.78 is 26.7. The van der Waals surface area contributed by atoms with Crippen LogP contribution in [0.3, 0.4) is 0 Å². The van der Waals surface area contributed by atoms with Gasteiger partial charge in [0.05, 0.1) is 28.4 Å². The highest BCUT2D eigenvalue weighted by Crippen LogP contribution is 2.32. The second kappa shape index (κ2) is 11.3. The summed E-state index contributed by atoms with van der Waals surface area (Å²) in [7, 11) is 6.25. The van der Waals surface area contributed by atoms with E-state index in [9.17, 15) is 9.59 Å². The first kappa shape index (κ1) is 25.3. The van der Waals surface area contributed by atoms with Crippen molar-refractivity contribution in [3.63, 3.8) is 0 Å². The second-order valence-corrected chi connectivity index (χ2v) is 7.99. The molecule has 37 heavy (non-hydrogen) atoms. The van der Waals surface area contributed by atoms with Crippen LogP contribution in [0.4, 0.5) is 0 Å². The average molecular weight is 499 g/mol. The third-order valence-electron chi connectivity index (χ3n) is 5.78. The first-order valence-corrected chi connectivity index (χ1v) is 11.4. The lowest BCUT2D eigenvalue weighted by atomic mass is 10.0. The van der Waals surface area contributed by atoms with Crippen molar-refractivity contribution in [3.05, 3.63) is 99.4 Å². The lowest BCUT2D eigenvalue weighted by Gasteiger charge is -2.11. The van der Waals surface area contributed by atoms with Gasteiger partial charge in [-0.05, 0) is 59.7 Å². The van der Waals surface area contributed by atoms with Crippen LogP contribution in [-0.2, 0) is 0 Å². The quantitative estimate of drug-likeness (QED) is 0.123. The van der Waals surface area contributed by atoms with Crippen molar-refractivity contribution >= 4 is 35.0 Å². The van der Waals surface area contributed by atoms with Gasteiger partial charge < -0.3 is 23.4 Å². The monoisotopic (exact) mass is 498 g/mol. The zero-order chi connectivity index (χ0) is 26.4. The molecule has 7 heteroatoms. The summed E-state index contributed by atoms with van der Waals surface area (Å²) in [4.78, 5) is 25.6. The van der Waals surface area contributed by atoms with Gasteiger partial charge in [-0.3, -0.25) is 4.79 Å². The van der Waals surface area contributed by atoms with Crippen LogP contribution < -0.4 is 24.6 Å². The Morgan fingerprint density at radius 3 is 2.11 bits per heavy atom. The van der Waals surface area contributed by atoms with Gasteiger partial charge in [-0.25, -0.2) is 4.79 Å². The molecule has 0 saturated heterocycles. The van der Waals surface area contributed by atoms with Crippen molar-refractivity contribution in [1.29, 1.82) is 0 Å². The SMILES string of the molecule is COc1ccc(/C=C/c2cc(OC)cc(OC)c2/C=C/C(=O)c2cc3ccc(OC)cc3oc2=O)cc1. The maximum Gasteiger partial charge on any atom is 0.347 e. The maximum atomic E-state index is 13.0. The van der Waals surface area contributed by atoms with Crippen LogP contribution in [-0.4, -0.2) is 34.2 Å². The second-order valence-electron chi connectivity index (χ2n) is 7.99. The molecule has 188 valence electrons. The van der Waals surface area contributed by atoms with Crippen LogP contribution in [0.2, 0.25) is 0 Å². The van der Waals surface area contributed by atoms with Gasteiger partial charge >= 0.3 is 5.63 Å². The van der Waals surface area contributed by atoms with E-state index in [0.29, 0.717) is 33.8 Å². The standard InChI is InChI=1S/C30H26O7/c1-33-22-10-6-19(7-11-22)5-8-20-15-24(35-3)18-29(36-4)25(20)13-14-27(31)26-16-21-9-12-23(34-2)17-28(21)37-30(26)32/h5-18H,1-4H3/b8-5+,14-13+. The van der Waals surface area contributed by atoms with Gasteiger partial charge in [-0.15, -0.1) is 0 Å². The molecule has 0 N–H and O–H groups in total. The van der Waals surface area contributed by atoms with Crippen LogP contribution in [0.25, 0.3) is 29.2 Å². The lowest BCUT2D eigenvalue weighted by Crippen LogP contribution is -2.12. The zero-order valence-electron chi connectivity index (χ0n) is 20.9. The normalized spacial score (nSPS) is 11.2. The van der Waals surface area contributed by atoms with Crippen molar-refractivity contribution < 1.29 is 28.2 Å². The molecule has 0 fully saturated rings. The smallest absolute Gasteiger partial charge is 0.347 e. The molecule has 0 aliphatic rings. The van der Waals surface area contributed by atoms with E-state index in [4.69, 9.17) is 23.4 Å². The molecule has 3 aromatic carbocycles. The van der Waals surface area contributed by atoms with Gasteiger partial charge in [0.15, 0.2) is 5.78 Å². The molecule has 7 nitrogen and oxygen atoms in total. The number of benzene rings is 3. The Morgan fingerprint density at radius 1 is 0.730 bits per heavy atom. The molecule has 0 amide bonds. The number of hydrogen-bond donors (Lipinski definition) is 0. The number of carbonyl (C=O) groups is 1. The summed E-state index contributed by atoms with van der Waals surface area (Å²) in [5, 5.41) is 0.613. The largest absolute Gasteiger partial charge is 0.497 e. The van der Waals surface area contributed by atoms with Gasteiger partial charge in [-0.1, -0.05) is 24.3 Å². The zero-order valence-corrected chi connectivity index (χ0v) is 20.9. The molecular formula is C30H26O7. The van der Waals surface area contributed by atoms with Gasteiger partial charge in [0.2, 0.25) is 0 Å². The molecular weight excluding hydrogens is 472 g/mol. The summed E-state index contributed by atoms with van der Waals surface area (Å²) in [6, 6.07) is 17.8. The number of hydrogen-bond acceptors (Lipinski definition) is 7. The fourth-order valence-corrected chi connectivity index (χ4v) is 3.76. The molecule has 0 atom stereocenters. The molecule has 1 aromatic heterocycles. The molecule has 0 aliphatic heterocycles. The lowest BCUT2D eigenvalue weighted by molar-refractivity contribution is 0.104. The third-order valence-corrected chi connectivity index (χ3v) is 5.78. The van der Waals surface area contributed by atoms with Crippen LogP contribution in [0.5, 0.6) is 23.0 Å². The first-order chi connectivity index (χ1) is 17.9. The van der Waals surface area contributed by atoms with E-state index < -0.39 is 11.4 Å². The van der Waals surface area contributed by atoms with Crippen molar-refractivity contribution in [2.75, 3.05) is 28.4 Å². The van der Waals surface area contributed by atoms with Crippen LogP contribution >= 0.6 is 0 Å². The molecule has 0 radical (unpaired) electrons. The summed E-state index contributed by atoms with van der Waals surface area (Å²) in [5.74, 6) is 1.93. The summed E-state index contributed by atoms with van der Waals surface area (Å²) in [6.07, 6.45) is 6.77. The molecule has 0 aliphatic carbocycles. The van der Waals surface area contributed by atoms with E-state index in [0.717, 1.165) is 16.9 Å². The highest BCUT2D eigenvalue weighted by molar-refractivity contribution is 6.08.